The molecule has 2 nitrogen and oxygen atoms in total. The highest BCUT2D eigenvalue weighted by atomic mass is 16.5. The molecule has 0 bridgehead atoms. The van der Waals surface area contributed by atoms with Crippen LogP contribution in [-0.4, -0.2) is 5.97 Å². The Labute approximate surface area is 120 Å². The predicted molar refractivity (Wildman–Crippen MR) is 80.4 cm³/mol. The monoisotopic (exact) mass is 268 g/mol. The number of hydrogen-bond donors (Lipinski definition) is 0. The van der Waals surface area contributed by atoms with Gasteiger partial charge in [-0.3, -0.25) is 4.79 Å². The van der Waals surface area contributed by atoms with Gasteiger partial charge in [-0.2, -0.15) is 0 Å². The molecule has 0 saturated carbocycles. The van der Waals surface area contributed by atoms with Gasteiger partial charge in [-0.05, 0) is 11.1 Å². The molecule has 0 aliphatic carbocycles. The van der Waals surface area contributed by atoms with Gasteiger partial charge in [0.2, 0.25) is 0 Å². The number of esters is 1. The first-order chi connectivity index (χ1) is 9.51. The highest BCUT2D eigenvalue weighted by Crippen LogP contribution is 2.39. The number of carbonyl (C=O) groups excluding carboxylic acids is 1. The van der Waals surface area contributed by atoms with E-state index in [0.717, 1.165) is 11.1 Å². The fourth-order valence-corrected chi connectivity index (χ4v) is 2.44. The average molecular weight is 268 g/mol. The lowest BCUT2D eigenvalue weighted by molar-refractivity contribution is -0.150. The van der Waals surface area contributed by atoms with Gasteiger partial charge in [0.05, 0.1) is 0 Å². The zero-order valence-electron chi connectivity index (χ0n) is 12.2. The Morgan fingerprint density at radius 3 is 1.95 bits per heavy atom. The largest absolute Gasteiger partial charge is 0.457 e. The van der Waals surface area contributed by atoms with Crippen LogP contribution in [0.4, 0.5) is 0 Å². The number of hydrogen-bond acceptors (Lipinski definition) is 2. The zero-order valence-corrected chi connectivity index (χ0v) is 12.2. The molecule has 0 saturated heterocycles. The molecule has 0 radical (unpaired) electrons. The van der Waals surface area contributed by atoms with Crippen molar-refractivity contribution < 1.29 is 9.53 Å². The van der Waals surface area contributed by atoms with E-state index in [2.05, 4.69) is 26.0 Å². The first-order valence-corrected chi connectivity index (χ1v) is 6.79. The Morgan fingerprint density at radius 2 is 1.45 bits per heavy atom. The highest BCUT2D eigenvalue weighted by molar-refractivity contribution is 5.66. The Hall–Kier alpha value is -2.09. The summed E-state index contributed by atoms with van der Waals surface area (Å²) in [5, 5.41) is 0. The minimum absolute atomic E-state index is 0.261. The zero-order chi connectivity index (χ0) is 14.6. The molecule has 2 rings (SSSR count). The van der Waals surface area contributed by atoms with Gasteiger partial charge in [-0.1, -0.05) is 74.5 Å². The second-order valence-electron chi connectivity index (χ2n) is 5.49. The quantitative estimate of drug-likeness (QED) is 0.774. The van der Waals surface area contributed by atoms with Crippen LogP contribution < -0.4 is 0 Å². The predicted octanol–water partition coefficient (Wildman–Crippen LogP) is 4.27. The first-order valence-electron chi connectivity index (χ1n) is 6.79. The second kappa shape index (κ2) is 5.91. The molecule has 1 atom stereocenters. The van der Waals surface area contributed by atoms with Gasteiger partial charge in [-0.15, -0.1) is 0 Å². The molecule has 2 heteroatoms. The molecule has 104 valence electrons. The van der Waals surface area contributed by atoms with Crippen molar-refractivity contribution in [1.82, 2.24) is 0 Å². The molecule has 20 heavy (non-hydrogen) atoms. The third-order valence-corrected chi connectivity index (χ3v) is 3.56. The maximum absolute atomic E-state index is 11.5. The van der Waals surface area contributed by atoms with Crippen molar-refractivity contribution in [3.05, 3.63) is 71.8 Å². The molecule has 0 heterocycles. The van der Waals surface area contributed by atoms with Gasteiger partial charge in [0.1, 0.15) is 6.10 Å². The van der Waals surface area contributed by atoms with E-state index >= 15 is 0 Å². The van der Waals surface area contributed by atoms with Crippen LogP contribution in [0.2, 0.25) is 0 Å². The Bertz CT molecular complexity index is 558. The Balaban J connectivity index is 2.43. The van der Waals surface area contributed by atoms with Crippen LogP contribution in [0, 0.1) is 0 Å². The van der Waals surface area contributed by atoms with E-state index in [9.17, 15) is 4.79 Å². The van der Waals surface area contributed by atoms with Crippen LogP contribution in [0.25, 0.3) is 0 Å². The first kappa shape index (κ1) is 14.3. The van der Waals surface area contributed by atoms with Gasteiger partial charge >= 0.3 is 5.97 Å². The van der Waals surface area contributed by atoms with Crippen molar-refractivity contribution in [2.45, 2.75) is 32.3 Å². The fraction of sp³-hybridized carbons (Fsp3) is 0.278. The van der Waals surface area contributed by atoms with Crippen LogP contribution in [0.5, 0.6) is 0 Å². The number of benzene rings is 2. The molecule has 1 unspecified atom stereocenters. The van der Waals surface area contributed by atoms with Crippen LogP contribution in [0.15, 0.2) is 60.7 Å². The molecule has 0 spiro atoms. The van der Waals surface area contributed by atoms with Crippen molar-refractivity contribution in [3.8, 4) is 0 Å². The molecule has 0 aliphatic heterocycles. The third-order valence-electron chi connectivity index (χ3n) is 3.56. The van der Waals surface area contributed by atoms with E-state index in [-0.39, 0.29) is 17.5 Å². The lowest BCUT2D eigenvalue weighted by Gasteiger charge is -2.34. The van der Waals surface area contributed by atoms with Crippen LogP contribution in [0.1, 0.15) is 38.0 Å². The van der Waals surface area contributed by atoms with Gasteiger partial charge in [0.15, 0.2) is 0 Å². The van der Waals surface area contributed by atoms with E-state index in [1.54, 1.807) is 0 Å². The minimum atomic E-state index is -0.302. The SMILES string of the molecule is CC(=O)OC(c1ccccc1)C(C)(C)c1ccccc1. The van der Waals surface area contributed by atoms with Gasteiger partial charge in [0.25, 0.3) is 0 Å². The van der Waals surface area contributed by atoms with Gasteiger partial charge in [-0.25, -0.2) is 0 Å². The smallest absolute Gasteiger partial charge is 0.303 e. The summed E-state index contributed by atoms with van der Waals surface area (Å²) in [4.78, 5) is 11.5. The van der Waals surface area contributed by atoms with E-state index in [4.69, 9.17) is 4.74 Å². The Kier molecular flexibility index (Phi) is 4.23. The van der Waals surface area contributed by atoms with E-state index in [0.29, 0.717) is 0 Å². The number of rotatable bonds is 4. The summed E-state index contributed by atoms with van der Waals surface area (Å²) >= 11 is 0. The molecule has 0 fully saturated rings. The van der Waals surface area contributed by atoms with E-state index < -0.39 is 0 Å². The summed E-state index contributed by atoms with van der Waals surface area (Å²) in [5.74, 6) is -0.261. The summed E-state index contributed by atoms with van der Waals surface area (Å²) in [6, 6.07) is 20.0. The third kappa shape index (κ3) is 3.08. The molecule has 0 amide bonds. The molecule has 2 aromatic carbocycles. The molecule has 0 aliphatic rings. The molecular weight excluding hydrogens is 248 g/mol. The Morgan fingerprint density at radius 1 is 0.950 bits per heavy atom. The van der Waals surface area contributed by atoms with Crippen molar-refractivity contribution in [2.24, 2.45) is 0 Å². The standard InChI is InChI=1S/C18H20O2/c1-14(19)20-17(15-10-6-4-7-11-15)18(2,3)16-12-8-5-9-13-16/h4-13,17H,1-3H3. The summed E-state index contributed by atoms with van der Waals surface area (Å²) in [5.41, 5.74) is 1.86. The van der Waals surface area contributed by atoms with Crippen LogP contribution in [0.3, 0.4) is 0 Å². The number of ether oxygens (including phenoxy) is 1. The molecule has 2 aromatic rings. The van der Waals surface area contributed by atoms with E-state index in [1.807, 2.05) is 48.5 Å². The minimum Gasteiger partial charge on any atom is -0.457 e. The lowest BCUT2D eigenvalue weighted by Crippen LogP contribution is -2.30. The molecule has 0 N–H and O–H groups in total. The van der Waals surface area contributed by atoms with Crippen LogP contribution >= 0.6 is 0 Å². The van der Waals surface area contributed by atoms with Crippen LogP contribution in [-0.2, 0) is 14.9 Å². The summed E-state index contributed by atoms with van der Waals surface area (Å²) in [6.07, 6.45) is -0.302. The van der Waals surface area contributed by atoms with E-state index in [1.165, 1.54) is 6.92 Å². The fourth-order valence-electron chi connectivity index (χ4n) is 2.44. The maximum Gasteiger partial charge on any atom is 0.303 e. The second-order valence-corrected chi connectivity index (χ2v) is 5.49. The maximum atomic E-state index is 11.5. The average Bonchev–Trinajstić information content (AvgIpc) is 2.46. The number of carbonyl (C=O) groups is 1. The summed E-state index contributed by atoms with van der Waals surface area (Å²) in [6.45, 7) is 5.66. The van der Waals surface area contributed by atoms with Crippen molar-refractivity contribution in [3.63, 3.8) is 0 Å². The van der Waals surface area contributed by atoms with Crippen molar-refractivity contribution in [1.29, 1.82) is 0 Å². The highest BCUT2D eigenvalue weighted by Gasteiger charge is 2.35. The van der Waals surface area contributed by atoms with Crippen molar-refractivity contribution in [2.75, 3.05) is 0 Å². The summed E-state index contributed by atoms with van der Waals surface area (Å²) in [7, 11) is 0. The normalized spacial score (nSPS) is 12.8. The molecular formula is C18H20O2. The lowest BCUT2D eigenvalue weighted by atomic mass is 9.76. The van der Waals surface area contributed by atoms with Crippen molar-refractivity contribution >= 4 is 5.97 Å². The topological polar surface area (TPSA) is 26.3 Å². The van der Waals surface area contributed by atoms with Gasteiger partial charge in [0, 0.05) is 12.3 Å². The summed E-state index contributed by atoms with van der Waals surface area (Å²) < 4.78 is 5.62. The molecule has 0 aromatic heterocycles. The van der Waals surface area contributed by atoms with Gasteiger partial charge < -0.3 is 4.74 Å².